The Morgan fingerprint density at radius 1 is 1.08 bits per heavy atom. The minimum absolute atomic E-state index is 0.525. The Balaban J connectivity index is 1.91. The first kappa shape index (κ1) is 15.7. The molecule has 2 aromatic heterocycles. The van der Waals surface area contributed by atoms with Gasteiger partial charge in [0.15, 0.2) is 11.5 Å². The summed E-state index contributed by atoms with van der Waals surface area (Å²) < 4.78 is 13.8. The molecule has 24 heavy (non-hydrogen) atoms. The van der Waals surface area contributed by atoms with E-state index in [4.69, 9.17) is 9.47 Å². The summed E-state index contributed by atoms with van der Waals surface area (Å²) in [5, 5.41) is 16.8. The van der Waals surface area contributed by atoms with Crippen LogP contribution in [-0.2, 0) is 0 Å². The molecule has 2 heterocycles. The summed E-state index contributed by atoms with van der Waals surface area (Å²) in [5.41, 5.74) is 2.73. The molecule has 0 spiro atoms. The first-order chi connectivity index (χ1) is 11.6. The third-order valence-electron chi connectivity index (χ3n) is 3.45. The van der Waals surface area contributed by atoms with Gasteiger partial charge in [-0.3, -0.25) is 0 Å². The Morgan fingerprint density at radius 2 is 1.88 bits per heavy atom. The van der Waals surface area contributed by atoms with Crippen molar-refractivity contribution in [3.63, 3.8) is 0 Å². The number of rotatable bonds is 5. The first-order valence-electron chi connectivity index (χ1n) is 7.32. The van der Waals surface area contributed by atoms with Gasteiger partial charge in [-0.1, -0.05) is 0 Å². The molecule has 0 fully saturated rings. The number of hydrogen-bond donors (Lipinski definition) is 0. The van der Waals surface area contributed by atoms with Crippen LogP contribution in [0.3, 0.4) is 0 Å². The van der Waals surface area contributed by atoms with Crippen LogP contribution in [0.2, 0.25) is 0 Å². The average Bonchev–Trinajstić information content (AvgIpc) is 3.18. The lowest BCUT2D eigenvalue weighted by atomic mass is 10.2. The zero-order valence-corrected chi connectivity index (χ0v) is 14.0. The molecule has 8 nitrogen and oxygen atoms in total. The SMILES string of the molecule is COc1ccc(C=Nn2cnnc2-n2nc(C)cc2C)cc1OC. The molecule has 0 aliphatic rings. The molecule has 0 bridgehead atoms. The van der Waals surface area contributed by atoms with E-state index in [-0.39, 0.29) is 0 Å². The number of methoxy groups -OCH3 is 2. The maximum Gasteiger partial charge on any atom is 0.273 e. The lowest BCUT2D eigenvalue weighted by Crippen LogP contribution is -2.06. The fourth-order valence-corrected chi connectivity index (χ4v) is 2.34. The predicted molar refractivity (Wildman–Crippen MR) is 89.2 cm³/mol. The molecule has 124 valence electrons. The smallest absolute Gasteiger partial charge is 0.273 e. The quantitative estimate of drug-likeness (QED) is 0.670. The number of aromatic nitrogens is 5. The highest BCUT2D eigenvalue weighted by molar-refractivity contribution is 5.80. The first-order valence-corrected chi connectivity index (χ1v) is 7.32. The van der Waals surface area contributed by atoms with Crippen LogP contribution in [-0.4, -0.2) is 45.1 Å². The van der Waals surface area contributed by atoms with Crippen LogP contribution in [0.15, 0.2) is 35.7 Å². The van der Waals surface area contributed by atoms with Crippen molar-refractivity contribution in [2.24, 2.45) is 5.10 Å². The van der Waals surface area contributed by atoms with E-state index in [0.717, 1.165) is 17.0 Å². The van der Waals surface area contributed by atoms with E-state index in [1.54, 1.807) is 29.8 Å². The van der Waals surface area contributed by atoms with Gasteiger partial charge in [0.05, 0.1) is 26.1 Å². The van der Waals surface area contributed by atoms with Crippen molar-refractivity contribution in [3.8, 4) is 17.4 Å². The fourth-order valence-electron chi connectivity index (χ4n) is 2.34. The molecule has 0 atom stereocenters. The second kappa shape index (κ2) is 6.53. The molecule has 3 aromatic rings. The molecule has 0 unspecified atom stereocenters. The average molecular weight is 326 g/mol. The lowest BCUT2D eigenvalue weighted by Gasteiger charge is -2.07. The maximum atomic E-state index is 5.29. The third-order valence-corrected chi connectivity index (χ3v) is 3.45. The molecule has 8 heteroatoms. The van der Waals surface area contributed by atoms with Crippen LogP contribution in [0.5, 0.6) is 11.5 Å². The highest BCUT2D eigenvalue weighted by Crippen LogP contribution is 2.26. The standard InChI is InChI=1S/C16H18N6O2/c1-11-7-12(2)22(20-11)16-19-17-10-21(16)18-9-13-5-6-14(23-3)15(8-13)24-4/h5-10H,1-4H3. The topological polar surface area (TPSA) is 79.4 Å². The van der Waals surface area contributed by atoms with E-state index < -0.39 is 0 Å². The summed E-state index contributed by atoms with van der Waals surface area (Å²) in [6.45, 7) is 3.88. The molecule has 3 rings (SSSR count). The Bertz CT molecular complexity index is 881. The number of benzene rings is 1. The van der Waals surface area contributed by atoms with Gasteiger partial charge >= 0.3 is 0 Å². The van der Waals surface area contributed by atoms with Crippen molar-refractivity contribution in [3.05, 3.63) is 47.5 Å². The van der Waals surface area contributed by atoms with Crippen LogP contribution in [0.4, 0.5) is 0 Å². The summed E-state index contributed by atoms with van der Waals surface area (Å²) in [7, 11) is 3.20. The van der Waals surface area contributed by atoms with E-state index in [1.807, 2.05) is 38.1 Å². The maximum absolute atomic E-state index is 5.29. The van der Waals surface area contributed by atoms with Gasteiger partial charge in [0, 0.05) is 5.69 Å². The molecule has 0 aliphatic carbocycles. The summed E-state index contributed by atoms with van der Waals surface area (Å²) in [5.74, 6) is 1.84. The van der Waals surface area contributed by atoms with Crippen LogP contribution >= 0.6 is 0 Å². The number of ether oxygens (including phenoxy) is 2. The highest BCUT2D eigenvalue weighted by atomic mass is 16.5. The normalized spacial score (nSPS) is 11.2. The summed E-state index contributed by atoms with van der Waals surface area (Å²) in [6.07, 6.45) is 3.23. The third kappa shape index (κ3) is 2.98. The Hall–Kier alpha value is -3.16. The van der Waals surface area contributed by atoms with Crippen LogP contribution in [0.25, 0.3) is 5.95 Å². The molecule has 0 saturated heterocycles. The fraction of sp³-hybridized carbons (Fsp3) is 0.250. The number of nitrogens with zero attached hydrogens (tertiary/aromatic N) is 6. The van der Waals surface area contributed by atoms with E-state index in [0.29, 0.717) is 17.4 Å². The number of aryl methyl sites for hydroxylation is 2. The predicted octanol–water partition coefficient (Wildman–Crippen LogP) is 1.98. The minimum Gasteiger partial charge on any atom is -0.493 e. The molecule has 0 saturated carbocycles. The van der Waals surface area contributed by atoms with Gasteiger partial charge in [0.25, 0.3) is 5.95 Å². The molecule has 0 amide bonds. The second-order valence-corrected chi connectivity index (χ2v) is 5.17. The van der Waals surface area contributed by atoms with Crippen molar-refractivity contribution in [2.75, 3.05) is 14.2 Å². The highest BCUT2D eigenvalue weighted by Gasteiger charge is 2.10. The van der Waals surface area contributed by atoms with Gasteiger partial charge in [0.2, 0.25) is 0 Å². The largest absolute Gasteiger partial charge is 0.493 e. The molecule has 1 aromatic carbocycles. The Labute approximate surface area is 139 Å². The zero-order valence-electron chi connectivity index (χ0n) is 14.0. The van der Waals surface area contributed by atoms with Gasteiger partial charge in [-0.15, -0.1) is 10.2 Å². The Morgan fingerprint density at radius 3 is 2.54 bits per heavy atom. The van der Waals surface area contributed by atoms with Gasteiger partial charge in [0.1, 0.15) is 6.33 Å². The molecule has 0 radical (unpaired) electrons. The zero-order chi connectivity index (χ0) is 17.1. The molecule has 0 N–H and O–H groups in total. The van der Waals surface area contributed by atoms with Gasteiger partial charge in [-0.2, -0.15) is 14.9 Å². The van der Waals surface area contributed by atoms with Crippen LogP contribution in [0.1, 0.15) is 17.0 Å². The van der Waals surface area contributed by atoms with Gasteiger partial charge in [-0.25, -0.2) is 4.68 Å². The van der Waals surface area contributed by atoms with Gasteiger partial charge in [-0.05, 0) is 43.7 Å². The van der Waals surface area contributed by atoms with Crippen molar-refractivity contribution in [1.29, 1.82) is 0 Å². The van der Waals surface area contributed by atoms with Crippen LogP contribution in [0, 0.1) is 13.8 Å². The van der Waals surface area contributed by atoms with Crippen molar-refractivity contribution >= 4 is 6.21 Å². The van der Waals surface area contributed by atoms with Crippen molar-refractivity contribution < 1.29 is 9.47 Å². The van der Waals surface area contributed by atoms with Crippen molar-refractivity contribution in [2.45, 2.75) is 13.8 Å². The summed E-state index contributed by atoms with van der Waals surface area (Å²) in [4.78, 5) is 0. The van der Waals surface area contributed by atoms with E-state index in [2.05, 4.69) is 20.4 Å². The summed E-state index contributed by atoms with van der Waals surface area (Å²) >= 11 is 0. The lowest BCUT2D eigenvalue weighted by molar-refractivity contribution is 0.355. The van der Waals surface area contributed by atoms with Gasteiger partial charge < -0.3 is 9.47 Å². The summed E-state index contributed by atoms with van der Waals surface area (Å²) in [6, 6.07) is 7.53. The van der Waals surface area contributed by atoms with E-state index in [9.17, 15) is 0 Å². The molecular formula is C16H18N6O2. The number of hydrogen-bond acceptors (Lipinski definition) is 6. The molecule has 0 aliphatic heterocycles. The molecular weight excluding hydrogens is 308 g/mol. The van der Waals surface area contributed by atoms with Crippen LogP contribution < -0.4 is 9.47 Å². The van der Waals surface area contributed by atoms with E-state index >= 15 is 0 Å². The Kier molecular flexibility index (Phi) is 4.28. The minimum atomic E-state index is 0.525. The van der Waals surface area contributed by atoms with E-state index in [1.165, 1.54) is 6.33 Å². The monoisotopic (exact) mass is 326 g/mol. The van der Waals surface area contributed by atoms with Crippen molar-refractivity contribution in [1.82, 2.24) is 24.7 Å². The second-order valence-electron chi connectivity index (χ2n) is 5.17.